The lowest BCUT2D eigenvalue weighted by Crippen LogP contribution is -2.27. The van der Waals surface area contributed by atoms with Crippen LogP contribution in [-0.4, -0.2) is 18.1 Å². The summed E-state index contributed by atoms with van der Waals surface area (Å²) in [5.74, 6) is 0.970. The van der Waals surface area contributed by atoms with Crippen LogP contribution in [0.5, 0.6) is 0 Å². The van der Waals surface area contributed by atoms with Crippen molar-refractivity contribution in [2.45, 2.75) is 33.1 Å². The van der Waals surface area contributed by atoms with Crippen LogP contribution >= 0.6 is 11.6 Å². The fourth-order valence-electron chi connectivity index (χ4n) is 2.45. The van der Waals surface area contributed by atoms with Crippen LogP contribution in [0.1, 0.15) is 32.8 Å². The molecule has 0 radical (unpaired) electrons. The molecule has 1 atom stereocenters. The van der Waals surface area contributed by atoms with Crippen molar-refractivity contribution < 1.29 is 4.39 Å². The van der Waals surface area contributed by atoms with E-state index in [4.69, 9.17) is 11.6 Å². The molecule has 0 amide bonds. The third-order valence-electron chi connectivity index (χ3n) is 3.81. The van der Waals surface area contributed by atoms with E-state index in [1.165, 1.54) is 0 Å². The van der Waals surface area contributed by atoms with Crippen LogP contribution in [0.15, 0.2) is 12.3 Å². The Morgan fingerprint density at radius 2 is 2.22 bits per heavy atom. The molecule has 0 N–H and O–H groups in total. The van der Waals surface area contributed by atoms with E-state index in [2.05, 4.69) is 25.8 Å². The molecule has 1 aliphatic rings. The third-order valence-corrected chi connectivity index (χ3v) is 4.10. The normalized spacial score (nSPS) is 20.5. The minimum Gasteiger partial charge on any atom is -0.354 e. The summed E-state index contributed by atoms with van der Waals surface area (Å²) in [6.07, 6.45) is 2.73. The fraction of sp³-hybridized carbons (Fsp3) is 0.643. The Labute approximate surface area is 113 Å². The van der Waals surface area contributed by atoms with Gasteiger partial charge in [-0.1, -0.05) is 20.8 Å². The molecule has 0 bridgehead atoms. The van der Waals surface area contributed by atoms with Crippen LogP contribution in [-0.2, 0) is 5.88 Å². The van der Waals surface area contributed by atoms with Gasteiger partial charge < -0.3 is 4.90 Å². The third kappa shape index (κ3) is 2.61. The van der Waals surface area contributed by atoms with Gasteiger partial charge in [0.05, 0.1) is 5.88 Å². The van der Waals surface area contributed by atoms with Crippen LogP contribution in [0.4, 0.5) is 10.2 Å². The number of aromatic nitrogens is 1. The molecule has 2 rings (SSSR count). The summed E-state index contributed by atoms with van der Waals surface area (Å²) >= 11 is 5.73. The summed E-state index contributed by atoms with van der Waals surface area (Å²) in [6.45, 7) is 8.46. The molecule has 0 saturated carbocycles. The maximum atomic E-state index is 14.2. The Morgan fingerprint density at radius 1 is 1.50 bits per heavy atom. The zero-order chi connectivity index (χ0) is 13.3. The van der Waals surface area contributed by atoms with Gasteiger partial charge in [-0.25, -0.2) is 9.37 Å². The van der Waals surface area contributed by atoms with E-state index >= 15 is 0 Å². The first-order valence-corrected chi connectivity index (χ1v) is 6.91. The van der Waals surface area contributed by atoms with Crippen LogP contribution < -0.4 is 4.90 Å². The molecule has 18 heavy (non-hydrogen) atoms. The molecule has 2 heterocycles. The fourth-order valence-corrected chi connectivity index (χ4v) is 2.66. The van der Waals surface area contributed by atoms with E-state index in [9.17, 15) is 4.39 Å². The second-order valence-corrected chi connectivity index (χ2v) is 6.31. The summed E-state index contributed by atoms with van der Waals surface area (Å²) in [7, 11) is 0. The highest BCUT2D eigenvalue weighted by Gasteiger charge is 2.33. The van der Waals surface area contributed by atoms with Gasteiger partial charge in [-0.3, -0.25) is 0 Å². The van der Waals surface area contributed by atoms with Gasteiger partial charge in [0.25, 0.3) is 0 Å². The first-order chi connectivity index (χ1) is 8.43. The summed E-state index contributed by atoms with van der Waals surface area (Å²) in [4.78, 5) is 6.22. The molecule has 1 aliphatic heterocycles. The summed E-state index contributed by atoms with van der Waals surface area (Å²) < 4.78 is 14.2. The van der Waals surface area contributed by atoms with E-state index in [0.29, 0.717) is 17.3 Å². The lowest BCUT2D eigenvalue weighted by Gasteiger charge is -2.27. The number of hydrogen-bond acceptors (Lipinski definition) is 2. The van der Waals surface area contributed by atoms with Crippen LogP contribution in [0.3, 0.4) is 0 Å². The monoisotopic (exact) mass is 270 g/mol. The minimum absolute atomic E-state index is 0.192. The average molecular weight is 271 g/mol. The van der Waals surface area contributed by atoms with Gasteiger partial charge in [-0.15, -0.1) is 11.6 Å². The van der Waals surface area contributed by atoms with Gasteiger partial charge >= 0.3 is 0 Å². The van der Waals surface area contributed by atoms with Gasteiger partial charge in [0, 0.05) is 24.8 Å². The molecule has 1 saturated heterocycles. The Morgan fingerprint density at radius 3 is 2.78 bits per heavy atom. The molecule has 1 unspecified atom stereocenters. The van der Waals surface area contributed by atoms with Crippen molar-refractivity contribution in [2.75, 3.05) is 18.0 Å². The van der Waals surface area contributed by atoms with Gasteiger partial charge in [0.15, 0.2) is 11.6 Å². The molecule has 1 aromatic rings. The zero-order valence-electron chi connectivity index (χ0n) is 11.2. The second kappa shape index (κ2) is 5.04. The molecule has 2 nitrogen and oxygen atoms in total. The van der Waals surface area contributed by atoms with Gasteiger partial charge in [0.1, 0.15) is 0 Å². The Balaban J connectivity index is 2.20. The van der Waals surface area contributed by atoms with Crippen molar-refractivity contribution in [2.24, 2.45) is 11.3 Å². The average Bonchev–Trinajstić information content (AvgIpc) is 2.78. The topological polar surface area (TPSA) is 16.1 Å². The van der Waals surface area contributed by atoms with Crippen molar-refractivity contribution >= 4 is 17.4 Å². The largest absolute Gasteiger partial charge is 0.354 e. The van der Waals surface area contributed by atoms with Crippen molar-refractivity contribution in [3.8, 4) is 0 Å². The lowest BCUT2D eigenvalue weighted by atomic mass is 9.80. The summed E-state index contributed by atoms with van der Waals surface area (Å²) in [5, 5.41) is 0. The number of alkyl halides is 1. The molecule has 0 aromatic carbocycles. The van der Waals surface area contributed by atoms with Gasteiger partial charge in [-0.05, 0) is 23.8 Å². The van der Waals surface area contributed by atoms with Crippen molar-refractivity contribution in [3.05, 3.63) is 23.6 Å². The standard InChI is InChI=1S/C14H20ClFN2/c1-14(2,3)11-5-7-18(9-11)13-12(16)10(8-15)4-6-17-13/h4,6,11H,5,7-9H2,1-3H3. The number of nitrogens with zero attached hydrogens (tertiary/aromatic N) is 2. The van der Waals surface area contributed by atoms with E-state index < -0.39 is 0 Å². The predicted molar refractivity (Wildman–Crippen MR) is 73.5 cm³/mol. The van der Waals surface area contributed by atoms with E-state index in [1.54, 1.807) is 12.3 Å². The smallest absolute Gasteiger partial charge is 0.170 e. The highest BCUT2D eigenvalue weighted by Crippen LogP contribution is 2.36. The highest BCUT2D eigenvalue weighted by atomic mass is 35.5. The second-order valence-electron chi connectivity index (χ2n) is 6.04. The van der Waals surface area contributed by atoms with Crippen molar-refractivity contribution in [3.63, 3.8) is 0 Å². The first-order valence-electron chi connectivity index (χ1n) is 6.37. The number of rotatable bonds is 2. The Hall–Kier alpha value is -0.830. The highest BCUT2D eigenvalue weighted by molar-refractivity contribution is 6.17. The molecule has 1 aromatic heterocycles. The maximum Gasteiger partial charge on any atom is 0.170 e. The SMILES string of the molecule is CC(C)(C)C1CCN(c2nccc(CCl)c2F)C1. The van der Waals surface area contributed by atoms with E-state index in [1.807, 2.05) is 4.90 Å². The summed E-state index contributed by atoms with van der Waals surface area (Å²) in [6, 6.07) is 1.64. The van der Waals surface area contributed by atoms with Gasteiger partial charge in [-0.2, -0.15) is 0 Å². The minimum atomic E-state index is -0.262. The van der Waals surface area contributed by atoms with Crippen molar-refractivity contribution in [1.82, 2.24) is 4.98 Å². The molecule has 100 valence electrons. The number of hydrogen-bond donors (Lipinski definition) is 0. The quantitative estimate of drug-likeness (QED) is 0.759. The molecule has 1 fully saturated rings. The molecule has 4 heteroatoms. The lowest BCUT2D eigenvalue weighted by molar-refractivity contribution is 0.263. The summed E-state index contributed by atoms with van der Waals surface area (Å²) in [5.41, 5.74) is 0.788. The van der Waals surface area contributed by atoms with Crippen molar-refractivity contribution in [1.29, 1.82) is 0 Å². The Kier molecular flexibility index (Phi) is 3.81. The molecule has 0 spiro atoms. The van der Waals surface area contributed by atoms with Crippen LogP contribution in [0.25, 0.3) is 0 Å². The molecular formula is C14H20ClFN2. The van der Waals surface area contributed by atoms with Crippen LogP contribution in [0, 0.1) is 17.2 Å². The Bertz CT molecular complexity index is 428. The van der Waals surface area contributed by atoms with Gasteiger partial charge in [0.2, 0.25) is 0 Å². The first kappa shape index (κ1) is 13.6. The maximum absolute atomic E-state index is 14.2. The molecular weight excluding hydrogens is 251 g/mol. The molecule has 0 aliphatic carbocycles. The predicted octanol–water partition coefficient (Wildman–Crippen LogP) is 3.83. The zero-order valence-corrected chi connectivity index (χ0v) is 12.0. The van der Waals surface area contributed by atoms with Crippen LogP contribution in [0.2, 0.25) is 0 Å². The number of anilines is 1. The van der Waals surface area contributed by atoms with E-state index in [-0.39, 0.29) is 17.1 Å². The van der Waals surface area contributed by atoms with E-state index in [0.717, 1.165) is 19.5 Å². The number of pyridine rings is 1. The number of halogens is 2.